The second-order valence-corrected chi connectivity index (χ2v) is 6.97. The second-order valence-electron chi connectivity index (χ2n) is 6.97. The summed E-state index contributed by atoms with van der Waals surface area (Å²) in [5, 5.41) is 0. The molecule has 0 aromatic carbocycles. The SMILES string of the molecule is NC(CC1=CCCCC1)C1CCOC2(CCCC2)C1. The first-order valence-corrected chi connectivity index (χ1v) is 8.35. The van der Waals surface area contributed by atoms with Crippen LogP contribution in [-0.4, -0.2) is 18.2 Å². The normalized spacial score (nSPS) is 32.3. The number of nitrogens with two attached hydrogens (primary N) is 1. The van der Waals surface area contributed by atoms with Gasteiger partial charge in [-0.3, -0.25) is 0 Å². The van der Waals surface area contributed by atoms with Gasteiger partial charge in [-0.05, 0) is 63.7 Å². The summed E-state index contributed by atoms with van der Waals surface area (Å²) < 4.78 is 6.13. The van der Waals surface area contributed by atoms with Crippen LogP contribution in [0.15, 0.2) is 11.6 Å². The molecule has 1 saturated heterocycles. The van der Waals surface area contributed by atoms with Gasteiger partial charge in [-0.25, -0.2) is 0 Å². The highest BCUT2D eigenvalue weighted by Gasteiger charge is 2.41. The fraction of sp³-hybridized carbons (Fsp3) is 0.882. The molecule has 3 rings (SSSR count). The van der Waals surface area contributed by atoms with Crippen LogP contribution >= 0.6 is 0 Å². The summed E-state index contributed by atoms with van der Waals surface area (Å²) >= 11 is 0. The lowest BCUT2D eigenvalue weighted by molar-refractivity contribution is -0.0961. The Hall–Kier alpha value is -0.340. The molecule has 1 spiro atoms. The van der Waals surface area contributed by atoms with E-state index in [0.29, 0.717) is 12.0 Å². The maximum absolute atomic E-state index is 6.53. The van der Waals surface area contributed by atoms with E-state index in [1.807, 2.05) is 0 Å². The highest BCUT2D eigenvalue weighted by Crippen LogP contribution is 2.43. The average Bonchev–Trinajstić information content (AvgIpc) is 2.88. The van der Waals surface area contributed by atoms with E-state index in [4.69, 9.17) is 10.5 Å². The number of hydrogen-bond donors (Lipinski definition) is 1. The number of allylic oxidation sites excluding steroid dienone is 1. The van der Waals surface area contributed by atoms with Gasteiger partial charge in [0.2, 0.25) is 0 Å². The highest BCUT2D eigenvalue weighted by atomic mass is 16.5. The van der Waals surface area contributed by atoms with Crippen LogP contribution in [0.3, 0.4) is 0 Å². The van der Waals surface area contributed by atoms with Crippen molar-refractivity contribution in [2.75, 3.05) is 6.61 Å². The maximum Gasteiger partial charge on any atom is 0.0685 e. The highest BCUT2D eigenvalue weighted by molar-refractivity contribution is 5.08. The minimum atomic E-state index is 0.224. The minimum absolute atomic E-state index is 0.224. The third-order valence-corrected chi connectivity index (χ3v) is 5.53. The Balaban J connectivity index is 1.56. The first-order chi connectivity index (χ1) is 9.27. The molecule has 0 aromatic rings. The summed E-state index contributed by atoms with van der Waals surface area (Å²) in [6, 6.07) is 0.366. The van der Waals surface area contributed by atoms with E-state index >= 15 is 0 Å². The minimum Gasteiger partial charge on any atom is -0.375 e. The molecule has 1 heterocycles. The van der Waals surface area contributed by atoms with Gasteiger partial charge in [-0.1, -0.05) is 24.5 Å². The van der Waals surface area contributed by atoms with Crippen LogP contribution in [0.25, 0.3) is 0 Å². The molecule has 2 aliphatic carbocycles. The predicted octanol–water partition coefficient (Wildman–Crippen LogP) is 3.94. The van der Waals surface area contributed by atoms with E-state index < -0.39 is 0 Å². The maximum atomic E-state index is 6.53. The Labute approximate surface area is 117 Å². The second kappa shape index (κ2) is 5.97. The molecule has 1 saturated carbocycles. The fourth-order valence-electron chi connectivity index (χ4n) is 4.36. The van der Waals surface area contributed by atoms with E-state index in [1.165, 1.54) is 64.2 Å². The zero-order chi connectivity index (χ0) is 13.1. The van der Waals surface area contributed by atoms with Crippen molar-refractivity contribution < 1.29 is 4.74 Å². The van der Waals surface area contributed by atoms with Crippen LogP contribution < -0.4 is 5.73 Å². The summed E-state index contributed by atoms with van der Waals surface area (Å²) in [5.41, 5.74) is 8.39. The molecule has 0 radical (unpaired) electrons. The van der Waals surface area contributed by atoms with E-state index in [1.54, 1.807) is 5.57 Å². The number of ether oxygens (including phenoxy) is 1. The van der Waals surface area contributed by atoms with Gasteiger partial charge < -0.3 is 10.5 Å². The number of rotatable bonds is 3. The van der Waals surface area contributed by atoms with Gasteiger partial charge in [-0.15, -0.1) is 0 Å². The van der Waals surface area contributed by atoms with Crippen LogP contribution in [0.1, 0.15) is 70.6 Å². The van der Waals surface area contributed by atoms with Crippen molar-refractivity contribution in [3.63, 3.8) is 0 Å². The van der Waals surface area contributed by atoms with Crippen molar-refractivity contribution >= 4 is 0 Å². The molecule has 2 fully saturated rings. The summed E-state index contributed by atoms with van der Waals surface area (Å²) in [6.45, 7) is 0.942. The molecule has 2 nitrogen and oxygen atoms in total. The summed E-state index contributed by atoms with van der Waals surface area (Å²) in [5.74, 6) is 0.690. The summed E-state index contributed by atoms with van der Waals surface area (Å²) in [6.07, 6.45) is 16.6. The van der Waals surface area contributed by atoms with Crippen molar-refractivity contribution in [2.45, 2.75) is 82.3 Å². The van der Waals surface area contributed by atoms with Gasteiger partial charge in [0.25, 0.3) is 0 Å². The largest absolute Gasteiger partial charge is 0.375 e. The lowest BCUT2D eigenvalue weighted by Gasteiger charge is -2.40. The molecule has 2 heteroatoms. The van der Waals surface area contributed by atoms with E-state index in [9.17, 15) is 0 Å². The third kappa shape index (κ3) is 3.22. The average molecular weight is 263 g/mol. The monoisotopic (exact) mass is 263 g/mol. The van der Waals surface area contributed by atoms with Crippen molar-refractivity contribution in [1.82, 2.24) is 0 Å². The van der Waals surface area contributed by atoms with Crippen LogP contribution in [0.2, 0.25) is 0 Å². The first-order valence-electron chi connectivity index (χ1n) is 8.35. The molecule has 0 amide bonds. The van der Waals surface area contributed by atoms with E-state index in [0.717, 1.165) is 13.0 Å². The smallest absolute Gasteiger partial charge is 0.0685 e. The van der Waals surface area contributed by atoms with Gasteiger partial charge in [-0.2, -0.15) is 0 Å². The predicted molar refractivity (Wildman–Crippen MR) is 79.0 cm³/mol. The third-order valence-electron chi connectivity index (χ3n) is 5.53. The molecular weight excluding hydrogens is 234 g/mol. The topological polar surface area (TPSA) is 35.2 Å². The molecule has 0 bridgehead atoms. The van der Waals surface area contributed by atoms with Crippen LogP contribution in [0.4, 0.5) is 0 Å². The molecule has 19 heavy (non-hydrogen) atoms. The fourth-order valence-corrected chi connectivity index (χ4v) is 4.36. The van der Waals surface area contributed by atoms with Crippen molar-refractivity contribution in [3.05, 3.63) is 11.6 Å². The first kappa shape index (κ1) is 13.6. The summed E-state index contributed by atoms with van der Waals surface area (Å²) in [7, 11) is 0. The van der Waals surface area contributed by atoms with Gasteiger partial charge in [0.05, 0.1) is 5.60 Å². The van der Waals surface area contributed by atoms with Crippen LogP contribution in [-0.2, 0) is 4.74 Å². The Bertz CT molecular complexity index is 330. The standard InChI is InChI=1S/C17H29NO/c18-16(12-14-6-2-1-3-7-14)15-8-11-19-17(13-15)9-4-5-10-17/h6,15-16H,1-5,7-13,18H2. The molecule has 2 N–H and O–H groups in total. The molecule has 1 aliphatic heterocycles. The molecule has 0 aromatic heterocycles. The zero-order valence-corrected chi connectivity index (χ0v) is 12.2. The molecule has 2 unspecified atom stereocenters. The van der Waals surface area contributed by atoms with Crippen molar-refractivity contribution in [3.8, 4) is 0 Å². The van der Waals surface area contributed by atoms with Gasteiger partial charge >= 0.3 is 0 Å². The van der Waals surface area contributed by atoms with Crippen LogP contribution in [0.5, 0.6) is 0 Å². The van der Waals surface area contributed by atoms with Gasteiger partial charge in [0, 0.05) is 12.6 Å². The van der Waals surface area contributed by atoms with Crippen molar-refractivity contribution in [2.24, 2.45) is 11.7 Å². The Morgan fingerprint density at radius 1 is 1.26 bits per heavy atom. The molecule has 2 atom stereocenters. The Morgan fingerprint density at radius 2 is 2.11 bits per heavy atom. The lowest BCUT2D eigenvalue weighted by atomic mass is 9.78. The molecule has 108 valence electrons. The Kier molecular flexibility index (Phi) is 4.28. The van der Waals surface area contributed by atoms with E-state index in [-0.39, 0.29) is 5.60 Å². The van der Waals surface area contributed by atoms with Crippen molar-refractivity contribution in [1.29, 1.82) is 0 Å². The molecular formula is C17H29NO. The van der Waals surface area contributed by atoms with Gasteiger partial charge in [0.15, 0.2) is 0 Å². The quantitative estimate of drug-likeness (QED) is 0.783. The van der Waals surface area contributed by atoms with E-state index in [2.05, 4.69) is 6.08 Å². The zero-order valence-electron chi connectivity index (χ0n) is 12.2. The summed E-state index contributed by atoms with van der Waals surface area (Å²) in [4.78, 5) is 0. The lowest BCUT2D eigenvalue weighted by Crippen LogP contribution is -2.44. The van der Waals surface area contributed by atoms with Gasteiger partial charge in [0.1, 0.15) is 0 Å². The van der Waals surface area contributed by atoms with Crippen LogP contribution in [0, 0.1) is 5.92 Å². The number of hydrogen-bond acceptors (Lipinski definition) is 2. The Morgan fingerprint density at radius 3 is 2.84 bits per heavy atom. The molecule has 3 aliphatic rings.